The molecule has 2 aromatic heterocycles. The largest absolute Gasteiger partial charge is 0.404 e. The minimum absolute atomic E-state index is 0.173. The molecular formula is C8H7BrN4O2S. The van der Waals surface area contributed by atoms with E-state index in [9.17, 15) is 10.1 Å². The third kappa shape index (κ3) is 2.27. The van der Waals surface area contributed by atoms with Gasteiger partial charge >= 0.3 is 5.82 Å². The summed E-state index contributed by atoms with van der Waals surface area (Å²) in [7, 11) is 0. The molecule has 0 aromatic carbocycles. The van der Waals surface area contributed by atoms with Crippen LogP contribution in [0.1, 0.15) is 10.7 Å². The molecule has 2 heterocycles. The number of rotatable bonds is 3. The first-order chi connectivity index (χ1) is 7.56. The number of aromatic nitrogens is 3. The standard InChI is InChI=1S/C8H7BrN4O2S/c1-5-4-16-7(10-5)3-12-2-6(9)8(11-12)13(14)15/h2,4H,3H2,1H3. The summed E-state index contributed by atoms with van der Waals surface area (Å²) in [5.41, 5.74) is 0.945. The molecule has 2 aromatic rings. The van der Waals surface area contributed by atoms with Gasteiger partial charge in [0, 0.05) is 11.1 Å². The van der Waals surface area contributed by atoms with Gasteiger partial charge in [-0.3, -0.25) is 0 Å². The third-order valence-corrected chi connectivity index (χ3v) is 3.35. The summed E-state index contributed by atoms with van der Waals surface area (Å²) < 4.78 is 1.88. The van der Waals surface area contributed by atoms with Crippen LogP contribution in [-0.2, 0) is 6.54 Å². The molecule has 6 nitrogen and oxygen atoms in total. The molecule has 2 rings (SSSR count). The SMILES string of the molecule is Cc1csc(Cn2cc(Br)c([N+](=O)[O-])n2)n1. The van der Waals surface area contributed by atoms with Crippen LogP contribution in [0.4, 0.5) is 5.82 Å². The van der Waals surface area contributed by atoms with E-state index in [1.165, 1.54) is 16.0 Å². The Balaban J connectivity index is 2.22. The van der Waals surface area contributed by atoms with Gasteiger partial charge in [0.15, 0.2) is 0 Å². The van der Waals surface area contributed by atoms with Crippen LogP contribution in [0, 0.1) is 17.0 Å². The average molecular weight is 303 g/mol. The Labute approximate surface area is 103 Å². The van der Waals surface area contributed by atoms with Gasteiger partial charge in [0.05, 0.1) is 11.3 Å². The second kappa shape index (κ2) is 4.30. The summed E-state index contributed by atoms with van der Waals surface area (Å²) in [5, 5.41) is 17.2. The predicted octanol–water partition coefficient (Wildman–Crippen LogP) is 2.37. The monoisotopic (exact) mass is 302 g/mol. The second-order valence-corrected chi connectivity index (χ2v) is 4.93. The van der Waals surface area contributed by atoms with Crippen LogP contribution in [0.15, 0.2) is 16.0 Å². The molecule has 84 valence electrons. The number of aryl methyl sites for hydroxylation is 1. The Hall–Kier alpha value is -1.28. The molecule has 0 radical (unpaired) electrons. The Kier molecular flexibility index (Phi) is 3.01. The summed E-state index contributed by atoms with van der Waals surface area (Å²) in [6.45, 7) is 2.35. The molecule has 16 heavy (non-hydrogen) atoms. The van der Waals surface area contributed by atoms with E-state index in [0.29, 0.717) is 11.0 Å². The molecule has 0 saturated heterocycles. The van der Waals surface area contributed by atoms with E-state index >= 15 is 0 Å². The van der Waals surface area contributed by atoms with Gasteiger partial charge in [0.2, 0.25) is 0 Å². The summed E-state index contributed by atoms with van der Waals surface area (Å²) in [5.74, 6) is -0.173. The van der Waals surface area contributed by atoms with Gasteiger partial charge in [-0.15, -0.1) is 11.3 Å². The molecule has 0 atom stereocenters. The predicted molar refractivity (Wildman–Crippen MR) is 62.5 cm³/mol. The van der Waals surface area contributed by atoms with Crippen molar-refractivity contribution in [1.29, 1.82) is 0 Å². The van der Waals surface area contributed by atoms with Crippen LogP contribution in [0.3, 0.4) is 0 Å². The number of nitrogens with zero attached hydrogens (tertiary/aromatic N) is 4. The maximum Gasteiger partial charge on any atom is 0.404 e. The highest BCUT2D eigenvalue weighted by molar-refractivity contribution is 9.10. The highest BCUT2D eigenvalue weighted by Gasteiger charge is 2.18. The fourth-order valence-electron chi connectivity index (χ4n) is 1.21. The molecule has 0 unspecified atom stereocenters. The van der Waals surface area contributed by atoms with Crippen LogP contribution in [0.25, 0.3) is 0 Å². The lowest BCUT2D eigenvalue weighted by molar-refractivity contribution is -0.390. The van der Waals surface area contributed by atoms with Gasteiger partial charge < -0.3 is 10.1 Å². The lowest BCUT2D eigenvalue weighted by Crippen LogP contribution is -2.00. The van der Waals surface area contributed by atoms with Gasteiger partial charge in [-0.05, 0) is 27.8 Å². The summed E-state index contributed by atoms with van der Waals surface area (Å²) in [4.78, 5) is 14.3. The highest BCUT2D eigenvalue weighted by Crippen LogP contribution is 2.22. The van der Waals surface area contributed by atoms with Crippen molar-refractivity contribution in [3.63, 3.8) is 0 Å². The Morgan fingerprint density at radius 1 is 1.69 bits per heavy atom. The number of hydrogen-bond acceptors (Lipinski definition) is 5. The topological polar surface area (TPSA) is 73.8 Å². The molecule has 0 aliphatic carbocycles. The zero-order chi connectivity index (χ0) is 11.7. The number of hydrogen-bond donors (Lipinski definition) is 0. The van der Waals surface area contributed by atoms with Crippen molar-refractivity contribution in [2.45, 2.75) is 13.5 Å². The van der Waals surface area contributed by atoms with Gasteiger partial charge in [0.25, 0.3) is 0 Å². The molecule has 0 saturated carbocycles. The van der Waals surface area contributed by atoms with E-state index < -0.39 is 4.92 Å². The minimum Gasteiger partial charge on any atom is -0.358 e. The van der Waals surface area contributed by atoms with E-state index in [-0.39, 0.29) is 5.82 Å². The highest BCUT2D eigenvalue weighted by atomic mass is 79.9. The van der Waals surface area contributed by atoms with Gasteiger partial charge in [0.1, 0.15) is 16.0 Å². The Morgan fingerprint density at radius 2 is 2.44 bits per heavy atom. The minimum atomic E-state index is -0.520. The number of halogens is 1. The number of nitro groups is 1. The Morgan fingerprint density at radius 3 is 2.94 bits per heavy atom. The summed E-state index contributed by atoms with van der Waals surface area (Å²) in [6, 6.07) is 0. The van der Waals surface area contributed by atoms with E-state index in [4.69, 9.17) is 0 Å². The van der Waals surface area contributed by atoms with Gasteiger partial charge in [-0.1, -0.05) is 0 Å². The molecule has 0 bridgehead atoms. The molecule has 0 spiro atoms. The average Bonchev–Trinajstić information content (AvgIpc) is 2.73. The van der Waals surface area contributed by atoms with Crippen LogP contribution >= 0.6 is 27.3 Å². The molecular weight excluding hydrogens is 296 g/mol. The molecule has 0 amide bonds. The molecule has 8 heteroatoms. The van der Waals surface area contributed by atoms with E-state index in [1.807, 2.05) is 12.3 Å². The second-order valence-electron chi connectivity index (χ2n) is 3.14. The maximum absolute atomic E-state index is 10.6. The fraction of sp³-hybridized carbons (Fsp3) is 0.250. The van der Waals surface area contributed by atoms with E-state index in [1.54, 1.807) is 6.20 Å². The van der Waals surface area contributed by atoms with Crippen LogP contribution < -0.4 is 0 Å². The maximum atomic E-state index is 10.6. The van der Waals surface area contributed by atoms with Crippen LogP contribution in [0.2, 0.25) is 0 Å². The third-order valence-electron chi connectivity index (χ3n) is 1.84. The smallest absolute Gasteiger partial charge is 0.358 e. The fourth-order valence-corrected chi connectivity index (χ4v) is 2.43. The first-order valence-electron chi connectivity index (χ1n) is 4.34. The van der Waals surface area contributed by atoms with Crippen molar-refractivity contribution in [2.75, 3.05) is 0 Å². The first kappa shape index (κ1) is 11.2. The van der Waals surface area contributed by atoms with Crippen molar-refractivity contribution >= 4 is 33.1 Å². The molecule has 0 fully saturated rings. The van der Waals surface area contributed by atoms with Crippen molar-refractivity contribution < 1.29 is 4.92 Å². The van der Waals surface area contributed by atoms with E-state index in [2.05, 4.69) is 26.0 Å². The lowest BCUT2D eigenvalue weighted by Gasteiger charge is -1.90. The van der Waals surface area contributed by atoms with E-state index in [0.717, 1.165) is 10.7 Å². The zero-order valence-electron chi connectivity index (χ0n) is 8.25. The zero-order valence-corrected chi connectivity index (χ0v) is 10.7. The van der Waals surface area contributed by atoms with Crippen molar-refractivity contribution in [3.05, 3.63) is 36.9 Å². The molecule has 0 aliphatic rings. The molecule has 0 N–H and O–H groups in total. The first-order valence-corrected chi connectivity index (χ1v) is 6.02. The van der Waals surface area contributed by atoms with Crippen LogP contribution in [0.5, 0.6) is 0 Å². The van der Waals surface area contributed by atoms with Gasteiger partial charge in [-0.25, -0.2) is 4.98 Å². The summed E-state index contributed by atoms with van der Waals surface area (Å²) in [6.07, 6.45) is 1.58. The molecule has 0 aliphatic heterocycles. The van der Waals surface area contributed by atoms with Crippen LogP contribution in [-0.4, -0.2) is 19.7 Å². The van der Waals surface area contributed by atoms with Crippen molar-refractivity contribution in [3.8, 4) is 0 Å². The number of thiazole rings is 1. The normalized spacial score (nSPS) is 10.6. The van der Waals surface area contributed by atoms with Crippen molar-refractivity contribution in [1.82, 2.24) is 14.8 Å². The quantitative estimate of drug-likeness (QED) is 0.644. The van der Waals surface area contributed by atoms with Gasteiger partial charge in [-0.2, -0.15) is 4.68 Å². The van der Waals surface area contributed by atoms with Crippen molar-refractivity contribution in [2.24, 2.45) is 0 Å². The summed E-state index contributed by atoms with van der Waals surface area (Å²) >= 11 is 4.61. The lowest BCUT2D eigenvalue weighted by atomic mass is 10.6. The Bertz CT molecular complexity index is 536.